The molecule has 0 amide bonds. The summed E-state index contributed by atoms with van der Waals surface area (Å²) in [6.07, 6.45) is 8.46. The van der Waals surface area contributed by atoms with Crippen molar-refractivity contribution in [3.8, 4) is 0 Å². The molecular formula is C19H23N3O2. The zero-order valence-electron chi connectivity index (χ0n) is 13.8. The van der Waals surface area contributed by atoms with E-state index in [0.717, 1.165) is 39.3 Å². The third-order valence-corrected chi connectivity index (χ3v) is 5.05. The smallest absolute Gasteiger partial charge is 0.0985 e. The summed E-state index contributed by atoms with van der Waals surface area (Å²) in [6, 6.07) is 8.12. The topological polar surface area (TPSA) is 47.5 Å². The van der Waals surface area contributed by atoms with Crippen LogP contribution < -0.4 is 0 Å². The van der Waals surface area contributed by atoms with Crippen molar-refractivity contribution in [2.45, 2.75) is 25.2 Å². The van der Waals surface area contributed by atoms with Gasteiger partial charge in [0.25, 0.3) is 0 Å². The molecule has 4 heterocycles. The number of pyridine rings is 2. The highest BCUT2D eigenvalue weighted by atomic mass is 16.5. The van der Waals surface area contributed by atoms with Gasteiger partial charge in [-0.15, -0.1) is 0 Å². The van der Waals surface area contributed by atoms with Crippen LogP contribution in [-0.2, 0) is 22.6 Å². The van der Waals surface area contributed by atoms with Gasteiger partial charge in [0.05, 0.1) is 18.8 Å². The minimum atomic E-state index is 0.000449. The van der Waals surface area contributed by atoms with Crippen molar-refractivity contribution in [3.05, 3.63) is 60.2 Å². The van der Waals surface area contributed by atoms with E-state index in [1.54, 1.807) is 12.4 Å². The van der Waals surface area contributed by atoms with Crippen molar-refractivity contribution in [1.82, 2.24) is 14.9 Å². The second kappa shape index (κ2) is 6.97. The highest BCUT2D eigenvalue weighted by Crippen LogP contribution is 2.40. The number of ether oxygens (including phenoxy) is 2. The Kier molecular flexibility index (Phi) is 4.56. The monoisotopic (exact) mass is 325 g/mol. The maximum atomic E-state index is 6.11. The lowest BCUT2D eigenvalue weighted by Gasteiger charge is -2.50. The number of nitrogens with zero attached hydrogens (tertiary/aromatic N) is 3. The van der Waals surface area contributed by atoms with Crippen molar-refractivity contribution in [2.24, 2.45) is 5.92 Å². The molecule has 5 nitrogen and oxygen atoms in total. The Labute approximate surface area is 142 Å². The fourth-order valence-electron chi connectivity index (χ4n) is 3.74. The fraction of sp³-hybridized carbons (Fsp3) is 0.474. The molecule has 2 aromatic rings. The van der Waals surface area contributed by atoms with Crippen LogP contribution in [-0.4, -0.2) is 46.8 Å². The summed E-state index contributed by atoms with van der Waals surface area (Å²) in [6.45, 7) is 5.20. The standard InChI is InChI=1S/C19H23N3O2/c1-2-17(10-21-6-1)11-22-14-19(15-22)18(5-9-24-19)13-23-12-16-3-7-20-8-4-16/h1-4,6-8,10,18H,5,9,11-15H2/t18-/m0/s1. The van der Waals surface area contributed by atoms with Gasteiger partial charge in [-0.05, 0) is 35.7 Å². The highest BCUT2D eigenvalue weighted by molar-refractivity contribution is 5.12. The van der Waals surface area contributed by atoms with Crippen molar-refractivity contribution < 1.29 is 9.47 Å². The average molecular weight is 325 g/mol. The van der Waals surface area contributed by atoms with E-state index in [-0.39, 0.29) is 5.60 Å². The molecule has 126 valence electrons. The SMILES string of the molecule is c1cncc(CN2CC3(C2)OCC[C@H]3COCc2ccncc2)c1. The summed E-state index contributed by atoms with van der Waals surface area (Å²) in [7, 11) is 0. The Balaban J connectivity index is 1.27. The number of hydrogen-bond acceptors (Lipinski definition) is 5. The van der Waals surface area contributed by atoms with Gasteiger partial charge in [0, 0.05) is 56.9 Å². The van der Waals surface area contributed by atoms with Crippen LogP contribution in [0, 0.1) is 5.92 Å². The maximum absolute atomic E-state index is 6.11. The third kappa shape index (κ3) is 3.34. The van der Waals surface area contributed by atoms with Crippen LogP contribution in [0.25, 0.3) is 0 Å². The van der Waals surface area contributed by atoms with Crippen molar-refractivity contribution >= 4 is 0 Å². The molecule has 0 unspecified atom stereocenters. The first-order valence-electron chi connectivity index (χ1n) is 8.56. The number of hydrogen-bond donors (Lipinski definition) is 0. The summed E-state index contributed by atoms with van der Waals surface area (Å²) in [5.74, 6) is 0.490. The van der Waals surface area contributed by atoms with Gasteiger partial charge in [-0.25, -0.2) is 0 Å². The summed E-state index contributed by atoms with van der Waals surface area (Å²) < 4.78 is 12.1. The van der Waals surface area contributed by atoms with E-state index in [1.807, 2.05) is 30.6 Å². The zero-order chi connectivity index (χ0) is 16.2. The molecule has 0 radical (unpaired) electrons. The van der Waals surface area contributed by atoms with Crippen LogP contribution in [0.15, 0.2) is 49.1 Å². The molecule has 2 saturated heterocycles. The van der Waals surface area contributed by atoms with Crippen LogP contribution in [0.2, 0.25) is 0 Å². The fourth-order valence-corrected chi connectivity index (χ4v) is 3.74. The Morgan fingerprint density at radius 2 is 2.00 bits per heavy atom. The lowest BCUT2D eigenvalue weighted by Crippen LogP contribution is -2.64. The molecule has 0 aromatic carbocycles. The van der Waals surface area contributed by atoms with Gasteiger partial charge in [-0.3, -0.25) is 14.9 Å². The van der Waals surface area contributed by atoms with E-state index in [9.17, 15) is 0 Å². The van der Waals surface area contributed by atoms with E-state index >= 15 is 0 Å². The van der Waals surface area contributed by atoms with Crippen molar-refractivity contribution in [2.75, 3.05) is 26.3 Å². The van der Waals surface area contributed by atoms with E-state index < -0.39 is 0 Å². The van der Waals surface area contributed by atoms with Gasteiger partial charge >= 0.3 is 0 Å². The van der Waals surface area contributed by atoms with Gasteiger partial charge < -0.3 is 9.47 Å². The molecule has 2 fully saturated rings. The predicted molar refractivity (Wildman–Crippen MR) is 90.2 cm³/mol. The second-order valence-corrected chi connectivity index (χ2v) is 6.78. The lowest BCUT2D eigenvalue weighted by atomic mass is 9.81. The highest BCUT2D eigenvalue weighted by Gasteiger charge is 2.52. The second-order valence-electron chi connectivity index (χ2n) is 6.78. The molecule has 0 saturated carbocycles. The Hall–Kier alpha value is -1.82. The normalized spacial score (nSPS) is 22.6. The van der Waals surface area contributed by atoms with Gasteiger partial charge in [-0.2, -0.15) is 0 Å². The van der Waals surface area contributed by atoms with Gasteiger partial charge in [0.2, 0.25) is 0 Å². The number of rotatable bonds is 6. The maximum Gasteiger partial charge on any atom is 0.0985 e. The first-order chi connectivity index (χ1) is 11.8. The van der Waals surface area contributed by atoms with Crippen molar-refractivity contribution in [3.63, 3.8) is 0 Å². The Morgan fingerprint density at radius 1 is 1.12 bits per heavy atom. The molecule has 0 aliphatic carbocycles. The molecule has 2 aromatic heterocycles. The van der Waals surface area contributed by atoms with Crippen LogP contribution in [0.3, 0.4) is 0 Å². The first-order valence-corrected chi connectivity index (χ1v) is 8.56. The lowest BCUT2D eigenvalue weighted by molar-refractivity contribution is -0.146. The molecule has 24 heavy (non-hydrogen) atoms. The number of likely N-dealkylation sites (tertiary alicyclic amines) is 1. The molecule has 2 aliphatic rings. The van der Waals surface area contributed by atoms with Crippen LogP contribution in [0.5, 0.6) is 0 Å². The molecule has 0 bridgehead atoms. The van der Waals surface area contributed by atoms with E-state index in [0.29, 0.717) is 12.5 Å². The molecule has 5 heteroatoms. The van der Waals surface area contributed by atoms with Crippen LogP contribution >= 0.6 is 0 Å². The Bertz CT molecular complexity index is 644. The third-order valence-electron chi connectivity index (χ3n) is 5.05. The first kappa shape index (κ1) is 15.7. The molecule has 4 rings (SSSR count). The minimum absolute atomic E-state index is 0.000449. The average Bonchev–Trinajstić information content (AvgIpc) is 3.00. The predicted octanol–water partition coefficient (Wildman–Crippen LogP) is 2.28. The Morgan fingerprint density at radius 3 is 2.79 bits per heavy atom. The summed E-state index contributed by atoms with van der Waals surface area (Å²) in [5, 5.41) is 0. The summed E-state index contributed by atoms with van der Waals surface area (Å²) >= 11 is 0. The van der Waals surface area contributed by atoms with E-state index in [4.69, 9.17) is 9.47 Å². The molecule has 2 aliphatic heterocycles. The zero-order valence-corrected chi connectivity index (χ0v) is 13.8. The minimum Gasteiger partial charge on any atom is -0.376 e. The number of aromatic nitrogens is 2. The van der Waals surface area contributed by atoms with Gasteiger partial charge in [0.1, 0.15) is 0 Å². The van der Waals surface area contributed by atoms with Gasteiger partial charge in [0.15, 0.2) is 0 Å². The molecule has 1 atom stereocenters. The van der Waals surface area contributed by atoms with Gasteiger partial charge in [-0.1, -0.05) is 6.07 Å². The van der Waals surface area contributed by atoms with Crippen LogP contribution in [0.4, 0.5) is 0 Å². The summed E-state index contributed by atoms with van der Waals surface area (Å²) in [4.78, 5) is 10.6. The van der Waals surface area contributed by atoms with Crippen LogP contribution in [0.1, 0.15) is 17.5 Å². The summed E-state index contributed by atoms with van der Waals surface area (Å²) in [5.41, 5.74) is 2.43. The molecular weight excluding hydrogens is 302 g/mol. The van der Waals surface area contributed by atoms with Crippen molar-refractivity contribution in [1.29, 1.82) is 0 Å². The molecule has 0 N–H and O–H groups in total. The quantitative estimate of drug-likeness (QED) is 0.815. The largest absolute Gasteiger partial charge is 0.376 e. The van der Waals surface area contributed by atoms with E-state index in [2.05, 4.69) is 20.9 Å². The van der Waals surface area contributed by atoms with E-state index in [1.165, 1.54) is 11.1 Å². The molecule has 1 spiro atoms.